The fraction of sp³-hybridized carbons (Fsp3) is 0.600. The largest absolute Gasteiger partial charge is 0.446 e. The molecule has 5 rings (SSSR count). The quantitative estimate of drug-likeness (QED) is 0.338. The van der Waals surface area contributed by atoms with E-state index >= 15 is 0 Å². The zero-order valence-corrected chi connectivity index (χ0v) is 29.6. The number of benzene rings is 1. The Bertz CT molecular complexity index is 1640. The van der Waals surface area contributed by atoms with Gasteiger partial charge in [-0.05, 0) is 109 Å². The molecule has 5 amide bonds. The fourth-order valence-electron chi connectivity index (χ4n) is 6.86. The Balaban J connectivity index is 1.10. The molecule has 15 heteroatoms. The van der Waals surface area contributed by atoms with Crippen molar-refractivity contribution in [2.75, 3.05) is 31.5 Å². The predicted octanol–water partition coefficient (Wildman–Crippen LogP) is 3.07. The van der Waals surface area contributed by atoms with Crippen LogP contribution in [-0.2, 0) is 27.1 Å². The van der Waals surface area contributed by atoms with E-state index in [0.29, 0.717) is 17.8 Å². The van der Waals surface area contributed by atoms with E-state index in [-0.39, 0.29) is 44.0 Å². The van der Waals surface area contributed by atoms with Gasteiger partial charge in [-0.2, -0.15) is 4.98 Å². The van der Waals surface area contributed by atoms with Gasteiger partial charge in [-0.15, -0.1) is 0 Å². The molecule has 1 saturated carbocycles. The molecule has 2 aromatic rings. The summed E-state index contributed by atoms with van der Waals surface area (Å²) in [7, 11) is 0. The molecule has 2 heterocycles. The highest BCUT2D eigenvalue weighted by atomic mass is 16.6. The number of nitrogens with two attached hydrogens (primary N) is 1. The lowest BCUT2D eigenvalue weighted by Crippen LogP contribution is -2.60. The van der Waals surface area contributed by atoms with Crippen LogP contribution in [0.4, 0.5) is 20.2 Å². The summed E-state index contributed by atoms with van der Waals surface area (Å²) in [4.78, 5) is 69.8. The van der Waals surface area contributed by atoms with Crippen molar-refractivity contribution in [3.05, 3.63) is 52.1 Å². The van der Waals surface area contributed by atoms with E-state index in [1.807, 2.05) is 12.1 Å². The van der Waals surface area contributed by atoms with E-state index in [2.05, 4.69) is 27.0 Å². The number of amides is 5. The molecule has 5 N–H and O–H groups in total. The van der Waals surface area contributed by atoms with Gasteiger partial charge in [0, 0.05) is 44.5 Å². The number of hydrogen-bond acceptors (Lipinski definition) is 9. The van der Waals surface area contributed by atoms with Gasteiger partial charge in [-0.3, -0.25) is 14.7 Å². The maximum absolute atomic E-state index is 13.1. The van der Waals surface area contributed by atoms with E-state index in [9.17, 15) is 24.0 Å². The molecule has 2 fully saturated rings. The number of nitrogens with zero attached hydrogens (tertiary/aromatic N) is 4. The predicted molar refractivity (Wildman–Crippen MR) is 186 cm³/mol. The van der Waals surface area contributed by atoms with Gasteiger partial charge in [0.25, 0.3) is 0 Å². The molecule has 1 saturated heterocycles. The number of carbonyl (C=O) groups is 4. The first-order valence-corrected chi connectivity index (χ1v) is 17.4. The highest BCUT2D eigenvalue weighted by molar-refractivity contribution is 5.90. The number of aryl methyl sites for hydroxylation is 1. The number of aromatic nitrogens is 2. The lowest BCUT2D eigenvalue weighted by molar-refractivity contribution is -0.138. The number of piperazine rings is 1. The van der Waals surface area contributed by atoms with Crippen molar-refractivity contribution in [3.8, 4) is 5.69 Å². The second kappa shape index (κ2) is 15.1. The molecule has 1 aliphatic heterocycles. The van der Waals surface area contributed by atoms with Crippen LogP contribution in [0.2, 0.25) is 0 Å². The van der Waals surface area contributed by atoms with E-state index in [1.165, 1.54) is 15.7 Å². The lowest BCUT2D eigenvalue weighted by atomic mass is 9.86. The number of ether oxygens (including phenoxy) is 2. The van der Waals surface area contributed by atoms with E-state index in [1.54, 1.807) is 56.7 Å². The summed E-state index contributed by atoms with van der Waals surface area (Å²) in [5.74, 6) is -0.139. The number of primary amides is 1. The first kappa shape index (κ1) is 36.6. The summed E-state index contributed by atoms with van der Waals surface area (Å²) in [6, 6.07) is 7.93. The van der Waals surface area contributed by atoms with Gasteiger partial charge in [0.1, 0.15) is 23.1 Å². The molecular formula is C35H50N8O7. The first-order valence-electron chi connectivity index (χ1n) is 17.4. The lowest BCUT2D eigenvalue weighted by Gasteiger charge is -2.38. The van der Waals surface area contributed by atoms with Crippen molar-refractivity contribution in [3.63, 3.8) is 0 Å². The van der Waals surface area contributed by atoms with E-state index in [4.69, 9.17) is 15.2 Å². The highest BCUT2D eigenvalue weighted by Crippen LogP contribution is 2.27. The molecule has 2 aliphatic carbocycles. The first-order chi connectivity index (χ1) is 23.6. The highest BCUT2D eigenvalue weighted by Gasteiger charge is 2.37. The second-order valence-corrected chi connectivity index (χ2v) is 14.9. The summed E-state index contributed by atoms with van der Waals surface area (Å²) < 4.78 is 11.9. The minimum Gasteiger partial charge on any atom is -0.446 e. The van der Waals surface area contributed by atoms with Crippen LogP contribution in [-0.4, -0.2) is 99.0 Å². The summed E-state index contributed by atoms with van der Waals surface area (Å²) in [5.41, 5.74) is 5.93. The van der Waals surface area contributed by atoms with Crippen LogP contribution in [0.5, 0.6) is 0 Å². The topological polar surface area (TPSA) is 190 Å². The zero-order chi connectivity index (χ0) is 36.2. The number of urea groups is 1. The SMILES string of the molecule is CC(C)(C)OC(=O)NC(C)(C)C(=O)N1CCN(C(=O)Nc2ccn(-c3ccc4c(c3)CCC(N[C@H]3CC[C@H](OC(N)=O)CC3)C4)c(=O)n2)CC1. The van der Waals surface area contributed by atoms with Crippen molar-refractivity contribution in [1.29, 1.82) is 0 Å². The Morgan fingerprint density at radius 2 is 1.56 bits per heavy atom. The monoisotopic (exact) mass is 694 g/mol. The maximum Gasteiger partial charge on any atom is 0.408 e. The average Bonchev–Trinajstić information content (AvgIpc) is 3.04. The zero-order valence-electron chi connectivity index (χ0n) is 29.6. The van der Waals surface area contributed by atoms with Crippen molar-refractivity contribution >= 4 is 29.9 Å². The Kier molecular flexibility index (Phi) is 11.0. The van der Waals surface area contributed by atoms with Crippen LogP contribution in [0.3, 0.4) is 0 Å². The number of carbonyl (C=O) groups excluding carboxylic acids is 4. The van der Waals surface area contributed by atoms with Gasteiger partial charge < -0.3 is 35.6 Å². The Hall–Kier alpha value is -4.66. The normalized spacial score (nSPS) is 21.1. The number of alkyl carbamates (subject to hydrolysis) is 1. The number of hydrogen-bond donors (Lipinski definition) is 4. The summed E-state index contributed by atoms with van der Waals surface area (Å²) in [6.45, 7) is 9.58. The average molecular weight is 695 g/mol. The number of anilines is 1. The van der Waals surface area contributed by atoms with Crippen molar-refractivity contribution in [2.45, 2.75) is 109 Å². The molecule has 1 atom stereocenters. The van der Waals surface area contributed by atoms with Crippen molar-refractivity contribution in [1.82, 2.24) is 30.0 Å². The third-order valence-corrected chi connectivity index (χ3v) is 9.37. The van der Waals surface area contributed by atoms with Gasteiger partial charge in [-0.1, -0.05) is 6.07 Å². The van der Waals surface area contributed by atoms with Gasteiger partial charge >= 0.3 is 23.9 Å². The fourth-order valence-corrected chi connectivity index (χ4v) is 6.86. The maximum atomic E-state index is 13.1. The van der Waals surface area contributed by atoms with Crippen molar-refractivity contribution < 1.29 is 28.7 Å². The third-order valence-electron chi connectivity index (χ3n) is 9.37. The van der Waals surface area contributed by atoms with Crippen LogP contribution in [0, 0.1) is 0 Å². The summed E-state index contributed by atoms with van der Waals surface area (Å²) in [5, 5.41) is 9.12. The van der Waals surface area contributed by atoms with Crippen LogP contribution >= 0.6 is 0 Å². The van der Waals surface area contributed by atoms with Gasteiger partial charge in [-0.25, -0.2) is 19.2 Å². The number of nitrogens with one attached hydrogen (secondary N) is 3. The molecule has 0 spiro atoms. The minimum atomic E-state index is -1.19. The molecule has 15 nitrogen and oxygen atoms in total. The number of fused-ring (bicyclic) bond motifs is 1. The van der Waals surface area contributed by atoms with Gasteiger partial charge in [0.05, 0.1) is 5.69 Å². The summed E-state index contributed by atoms with van der Waals surface area (Å²) in [6.07, 6.45) is 6.41. The van der Waals surface area contributed by atoms with Crippen LogP contribution in [0.1, 0.15) is 77.8 Å². The molecule has 272 valence electrons. The molecule has 1 unspecified atom stereocenters. The van der Waals surface area contributed by atoms with Crippen LogP contribution in [0.15, 0.2) is 35.3 Å². The third kappa shape index (κ3) is 9.52. The summed E-state index contributed by atoms with van der Waals surface area (Å²) >= 11 is 0. The molecule has 1 aromatic carbocycles. The molecule has 50 heavy (non-hydrogen) atoms. The van der Waals surface area contributed by atoms with Crippen LogP contribution < -0.4 is 27.4 Å². The molecule has 0 bridgehead atoms. The Morgan fingerprint density at radius 3 is 2.20 bits per heavy atom. The van der Waals surface area contributed by atoms with Gasteiger partial charge in [0.15, 0.2) is 0 Å². The van der Waals surface area contributed by atoms with Gasteiger partial charge in [0.2, 0.25) is 5.91 Å². The molecule has 1 aromatic heterocycles. The Labute approximate surface area is 292 Å². The second-order valence-electron chi connectivity index (χ2n) is 14.9. The van der Waals surface area contributed by atoms with E-state index < -0.39 is 35.0 Å². The van der Waals surface area contributed by atoms with E-state index in [0.717, 1.165) is 44.9 Å². The standard InChI is InChI=1S/C35H50N8O7/c1-34(2,3)50-33(48)40-35(4,5)29(44)41-16-18-42(19-17-41)31(46)38-28-14-15-43(32(47)39-28)26-11-7-22-20-25(8-6-23(22)21-26)37-24-9-12-27(13-10-24)49-30(36)45/h7,11,14-15,21,24-25,27,37H,6,8-10,12-13,16-20H2,1-5H3,(H2,36,45)(H,40,48)(H,38,39,46,47)/t24-,25?,27-. The number of rotatable bonds is 7. The molecule has 0 radical (unpaired) electrons. The van der Waals surface area contributed by atoms with Crippen molar-refractivity contribution in [2.24, 2.45) is 5.73 Å². The van der Waals surface area contributed by atoms with Crippen LogP contribution in [0.25, 0.3) is 5.69 Å². The smallest absolute Gasteiger partial charge is 0.408 e. The molecule has 3 aliphatic rings. The Morgan fingerprint density at radius 1 is 0.880 bits per heavy atom. The molecular weight excluding hydrogens is 644 g/mol. The minimum absolute atomic E-state index is 0.0878.